The second kappa shape index (κ2) is 39.0. The molecule has 0 N–H and O–H groups in total. The van der Waals surface area contributed by atoms with E-state index in [1.807, 2.05) is 45.4 Å². The molecule has 0 aromatic carbocycles. The van der Waals surface area contributed by atoms with Crippen molar-refractivity contribution in [2.75, 3.05) is 47.5 Å². The van der Waals surface area contributed by atoms with Gasteiger partial charge in [0.1, 0.15) is 19.8 Å². The van der Waals surface area contributed by atoms with Gasteiger partial charge in [-0.2, -0.15) is 0 Å². The van der Waals surface area contributed by atoms with E-state index in [1.165, 1.54) is 44.9 Å². The van der Waals surface area contributed by atoms with E-state index in [0.29, 0.717) is 30.3 Å². The van der Waals surface area contributed by atoms with Gasteiger partial charge in [0, 0.05) is 19.3 Å². The second-order valence-corrected chi connectivity index (χ2v) is 17.1. The van der Waals surface area contributed by atoms with E-state index in [1.54, 1.807) is 6.08 Å². The van der Waals surface area contributed by atoms with Gasteiger partial charge in [-0.25, -0.2) is 0 Å². The molecule has 1 unspecified atom stereocenters. The van der Waals surface area contributed by atoms with Gasteiger partial charge in [0.15, 0.2) is 11.9 Å². The molecule has 0 heterocycles. The van der Waals surface area contributed by atoms with Gasteiger partial charge in [-0.1, -0.05) is 138 Å². The van der Waals surface area contributed by atoms with E-state index in [0.717, 1.165) is 57.8 Å². The number of phosphoric acid groups is 1. The lowest BCUT2D eigenvalue weighted by atomic mass is 10.1. The Morgan fingerprint density at radius 2 is 1.10 bits per heavy atom. The number of quaternary nitrogens is 1. The van der Waals surface area contributed by atoms with Crippen LogP contribution >= 0.6 is 7.82 Å². The summed E-state index contributed by atoms with van der Waals surface area (Å²) in [6, 6.07) is 0. The van der Waals surface area contributed by atoms with Crippen LogP contribution in [0.2, 0.25) is 0 Å². The average molecular weight is 846 g/mol. The van der Waals surface area contributed by atoms with E-state index >= 15 is 0 Å². The standard InChI is InChI=1S/C48H80NO9P/c1-6-8-10-12-14-15-16-17-18-19-20-21-22-23-24-25-27-31-36-40-48(52)58-46(44-57-59(53,54)56-42-41-49(3,4)5)43-55-47(51)39-35-32-28-30-34-38-45(50)37-33-29-26-13-11-9-7-2/h14-15,17-18,20-21,23-24,26-27,29,31,33,37,46H,6-13,16,19,22,25,28,30,32,34-36,38-44H2,1-5H3/b15-14-,18-17-,21-20-,24-23-,29-26-,31-27-,37-33+/t46-/m1/s1. The molecule has 59 heavy (non-hydrogen) atoms. The van der Waals surface area contributed by atoms with E-state index in [9.17, 15) is 23.8 Å². The molecule has 0 amide bonds. The molecule has 0 aliphatic heterocycles. The SMILES string of the molecule is CCCCC/C=C\C=C\C(=O)CCCCCCCC(=O)OC[C@H](COP(=O)([O-])OCC[N+](C)(C)C)OC(=O)CC/C=C\C/C=C\C/C=C\C/C=C\C/C=C\CCCCC. The van der Waals surface area contributed by atoms with E-state index < -0.39 is 32.5 Å². The van der Waals surface area contributed by atoms with Crippen molar-refractivity contribution in [3.05, 3.63) is 85.1 Å². The molecule has 0 saturated heterocycles. The summed E-state index contributed by atoms with van der Waals surface area (Å²) in [5.41, 5.74) is 0. The summed E-state index contributed by atoms with van der Waals surface area (Å²) in [6.45, 7) is 3.90. The highest BCUT2D eigenvalue weighted by molar-refractivity contribution is 7.45. The first-order valence-electron chi connectivity index (χ1n) is 22.2. The first-order valence-corrected chi connectivity index (χ1v) is 23.7. The first-order chi connectivity index (χ1) is 28.4. The van der Waals surface area contributed by atoms with Crippen LogP contribution in [0.3, 0.4) is 0 Å². The molecule has 0 aromatic rings. The van der Waals surface area contributed by atoms with Crippen LogP contribution < -0.4 is 4.89 Å². The van der Waals surface area contributed by atoms with Crippen LogP contribution in [0.25, 0.3) is 0 Å². The highest BCUT2D eigenvalue weighted by Crippen LogP contribution is 2.38. The zero-order valence-electron chi connectivity index (χ0n) is 37.4. The maximum absolute atomic E-state index is 12.6. The van der Waals surface area contributed by atoms with Crippen molar-refractivity contribution in [3.8, 4) is 0 Å². The zero-order valence-corrected chi connectivity index (χ0v) is 38.3. The Morgan fingerprint density at radius 1 is 0.576 bits per heavy atom. The Hall–Kier alpha value is -3.14. The fraction of sp³-hybridized carbons (Fsp3) is 0.646. The molecular formula is C48H80NO9P. The van der Waals surface area contributed by atoms with Gasteiger partial charge < -0.3 is 27.9 Å². The first kappa shape index (κ1) is 55.9. The van der Waals surface area contributed by atoms with Crippen LogP contribution in [0.5, 0.6) is 0 Å². The van der Waals surface area contributed by atoms with Crippen molar-refractivity contribution in [1.29, 1.82) is 0 Å². The monoisotopic (exact) mass is 846 g/mol. The predicted octanol–water partition coefficient (Wildman–Crippen LogP) is 11.3. The van der Waals surface area contributed by atoms with Crippen molar-refractivity contribution >= 4 is 25.5 Å². The van der Waals surface area contributed by atoms with Crippen molar-refractivity contribution < 1.29 is 46.8 Å². The van der Waals surface area contributed by atoms with Gasteiger partial charge in [0.25, 0.3) is 7.82 Å². The molecule has 0 bridgehead atoms. The van der Waals surface area contributed by atoms with Crippen LogP contribution in [0.1, 0.15) is 149 Å². The second-order valence-electron chi connectivity index (χ2n) is 15.7. The Bertz CT molecular complexity index is 1340. The lowest BCUT2D eigenvalue weighted by molar-refractivity contribution is -0.870. The Morgan fingerprint density at radius 3 is 1.68 bits per heavy atom. The largest absolute Gasteiger partial charge is 0.756 e. The molecule has 0 aliphatic carbocycles. The van der Waals surface area contributed by atoms with Crippen molar-refractivity contribution in [1.82, 2.24) is 0 Å². The number of nitrogens with zero attached hydrogens (tertiary/aromatic N) is 1. The number of carbonyl (C=O) groups is 3. The van der Waals surface area contributed by atoms with Crippen LogP contribution in [-0.2, 0) is 37.5 Å². The van der Waals surface area contributed by atoms with E-state index in [4.69, 9.17) is 18.5 Å². The summed E-state index contributed by atoms with van der Waals surface area (Å²) in [4.78, 5) is 49.5. The van der Waals surface area contributed by atoms with Crippen molar-refractivity contribution in [3.63, 3.8) is 0 Å². The number of hydrogen-bond acceptors (Lipinski definition) is 9. The molecule has 2 atom stereocenters. The molecule has 0 rings (SSSR count). The lowest BCUT2D eigenvalue weighted by Crippen LogP contribution is -2.37. The van der Waals surface area contributed by atoms with E-state index in [-0.39, 0.29) is 31.8 Å². The molecule has 0 fully saturated rings. The molecule has 11 heteroatoms. The normalized spacial score (nSPS) is 14.3. The summed E-state index contributed by atoms with van der Waals surface area (Å²) in [5, 5.41) is 0. The number of esters is 2. The number of unbranched alkanes of at least 4 members (excludes halogenated alkanes) is 10. The smallest absolute Gasteiger partial charge is 0.306 e. The van der Waals surface area contributed by atoms with Crippen LogP contribution in [0.15, 0.2) is 85.1 Å². The Kier molecular flexibility index (Phi) is 36.9. The molecule has 0 spiro atoms. The van der Waals surface area contributed by atoms with Gasteiger partial charge in [0.2, 0.25) is 0 Å². The number of rotatable bonds is 39. The fourth-order valence-electron chi connectivity index (χ4n) is 5.32. The van der Waals surface area contributed by atoms with Gasteiger partial charge in [0.05, 0.1) is 27.7 Å². The maximum atomic E-state index is 12.6. The van der Waals surface area contributed by atoms with Gasteiger partial charge in [-0.3, -0.25) is 18.9 Å². The number of allylic oxidation sites excluding steroid dienone is 14. The number of ketones is 1. The number of likely N-dealkylation sites (N-methyl/N-ethyl adjacent to an activating group) is 1. The summed E-state index contributed by atoms with van der Waals surface area (Å²) < 4.78 is 33.7. The predicted molar refractivity (Wildman–Crippen MR) is 241 cm³/mol. The van der Waals surface area contributed by atoms with Crippen LogP contribution in [-0.4, -0.2) is 75.8 Å². The molecule has 0 radical (unpaired) electrons. The highest BCUT2D eigenvalue weighted by Gasteiger charge is 2.21. The minimum Gasteiger partial charge on any atom is -0.756 e. The number of ether oxygens (including phenoxy) is 2. The minimum atomic E-state index is -4.68. The third kappa shape index (κ3) is 42.8. The minimum absolute atomic E-state index is 0.0681. The fourth-order valence-corrected chi connectivity index (χ4v) is 6.05. The Balaban J connectivity index is 4.58. The summed E-state index contributed by atoms with van der Waals surface area (Å²) >= 11 is 0. The van der Waals surface area contributed by atoms with Gasteiger partial charge >= 0.3 is 11.9 Å². The molecule has 0 saturated carbocycles. The average Bonchev–Trinajstić information content (AvgIpc) is 3.18. The number of carbonyl (C=O) groups excluding carboxylic acids is 3. The molecule has 0 aromatic heterocycles. The highest BCUT2D eigenvalue weighted by atomic mass is 31.2. The quantitative estimate of drug-likeness (QED) is 0.0113. The summed E-state index contributed by atoms with van der Waals surface area (Å²) in [6.07, 6.45) is 45.9. The summed E-state index contributed by atoms with van der Waals surface area (Å²) in [5.74, 6) is -0.917. The molecule has 0 aliphatic rings. The Labute approximate surface area is 358 Å². The van der Waals surface area contributed by atoms with Crippen molar-refractivity contribution in [2.24, 2.45) is 0 Å². The van der Waals surface area contributed by atoms with Gasteiger partial charge in [-0.15, -0.1) is 0 Å². The summed E-state index contributed by atoms with van der Waals surface area (Å²) in [7, 11) is 1.04. The number of hydrogen-bond donors (Lipinski definition) is 0. The topological polar surface area (TPSA) is 128 Å². The third-order valence-corrected chi connectivity index (χ3v) is 9.84. The third-order valence-electron chi connectivity index (χ3n) is 8.88. The lowest BCUT2D eigenvalue weighted by Gasteiger charge is -2.28. The van der Waals surface area contributed by atoms with Gasteiger partial charge in [-0.05, 0) is 76.7 Å². The van der Waals surface area contributed by atoms with Crippen LogP contribution in [0.4, 0.5) is 0 Å². The van der Waals surface area contributed by atoms with E-state index in [2.05, 4.69) is 68.5 Å². The van der Waals surface area contributed by atoms with Crippen molar-refractivity contribution in [2.45, 2.75) is 155 Å². The van der Waals surface area contributed by atoms with Crippen LogP contribution in [0, 0.1) is 0 Å². The number of phosphoric ester groups is 1. The zero-order chi connectivity index (χ0) is 43.7. The molecule has 336 valence electrons. The maximum Gasteiger partial charge on any atom is 0.306 e. The molecule has 10 nitrogen and oxygen atoms in total. The molecular weight excluding hydrogens is 765 g/mol.